The van der Waals surface area contributed by atoms with Crippen molar-refractivity contribution in [3.8, 4) is 0 Å². The summed E-state index contributed by atoms with van der Waals surface area (Å²) in [6.07, 6.45) is -0.185. The highest BCUT2D eigenvalue weighted by molar-refractivity contribution is 4.71. The van der Waals surface area contributed by atoms with Crippen LogP contribution in [0.15, 0.2) is 0 Å². The Kier molecular flexibility index (Phi) is 6.12. The van der Waals surface area contributed by atoms with Crippen molar-refractivity contribution in [3.63, 3.8) is 0 Å². The van der Waals surface area contributed by atoms with Crippen LogP contribution >= 0.6 is 0 Å². The lowest BCUT2D eigenvalue weighted by atomic mass is 10.2. The summed E-state index contributed by atoms with van der Waals surface area (Å²) in [5, 5.41) is 12.8. The minimum Gasteiger partial charge on any atom is -0.389 e. The number of aliphatic hydroxyl groups excluding tert-OH is 1. The van der Waals surface area contributed by atoms with E-state index in [9.17, 15) is 5.11 Å². The van der Waals surface area contributed by atoms with E-state index in [4.69, 9.17) is 9.47 Å². The molecule has 2 unspecified atom stereocenters. The van der Waals surface area contributed by atoms with E-state index < -0.39 is 6.10 Å². The maximum atomic E-state index is 9.53. The number of nitrogens with zero attached hydrogens (tertiary/aromatic N) is 1. The average Bonchev–Trinajstić information content (AvgIpc) is 2.19. The third-order valence-corrected chi connectivity index (χ3v) is 2.40. The van der Waals surface area contributed by atoms with Crippen LogP contribution in [-0.4, -0.2) is 75.8 Å². The molecule has 0 spiro atoms. The lowest BCUT2D eigenvalue weighted by Crippen LogP contribution is -2.46. The van der Waals surface area contributed by atoms with E-state index in [2.05, 4.69) is 10.2 Å². The van der Waals surface area contributed by atoms with Gasteiger partial charge in [-0.1, -0.05) is 0 Å². The van der Waals surface area contributed by atoms with Crippen LogP contribution in [-0.2, 0) is 9.47 Å². The normalized spacial score (nSPS) is 24.4. The van der Waals surface area contributed by atoms with Gasteiger partial charge in [-0.3, -0.25) is 0 Å². The highest BCUT2D eigenvalue weighted by Crippen LogP contribution is 1.99. The lowest BCUT2D eigenvalue weighted by Gasteiger charge is -2.28. The topological polar surface area (TPSA) is 54.0 Å². The molecule has 0 bridgehead atoms. The van der Waals surface area contributed by atoms with Gasteiger partial charge in [0, 0.05) is 33.3 Å². The fraction of sp³-hybridized carbons (Fsp3) is 1.00. The summed E-state index contributed by atoms with van der Waals surface area (Å²) >= 11 is 0. The van der Waals surface area contributed by atoms with Crippen molar-refractivity contribution in [3.05, 3.63) is 0 Å². The van der Waals surface area contributed by atoms with Gasteiger partial charge >= 0.3 is 0 Å². The smallest absolute Gasteiger partial charge is 0.0899 e. The number of morpholine rings is 1. The van der Waals surface area contributed by atoms with Gasteiger partial charge in [0.2, 0.25) is 0 Å². The highest BCUT2D eigenvalue weighted by Gasteiger charge is 2.16. The largest absolute Gasteiger partial charge is 0.389 e. The summed E-state index contributed by atoms with van der Waals surface area (Å²) in [6, 6.07) is 0. The second-order valence-electron chi connectivity index (χ2n) is 4.03. The van der Waals surface area contributed by atoms with Crippen LogP contribution in [0.1, 0.15) is 0 Å². The Morgan fingerprint density at radius 1 is 1.67 bits per heavy atom. The Morgan fingerprint density at radius 3 is 3.07 bits per heavy atom. The molecule has 5 heteroatoms. The maximum absolute atomic E-state index is 9.53. The van der Waals surface area contributed by atoms with E-state index >= 15 is 0 Å². The summed E-state index contributed by atoms with van der Waals surface area (Å²) < 4.78 is 10.4. The maximum Gasteiger partial charge on any atom is 0.0899 e. The molecule has 5 nitrogen and oxygen atoms in total. The minimum absolute atomic E-state index is 0.235. The van der Waals surface area contributed by atoms with Gasteiger partial charge in [0.05, 0.1) is 25.4 Å². The number of hydrogen-bond donors (Lipinski definition) is 2. The Labute approximate surface area is 91.3 Å². The Hall–Kier alpha value is -0.200. The molecule has 0 saturated carbocycles. The molecule has 0 aromatic heterocycles. The predicted octanol–water partition coefficient (Wildman–Crippen LogP) is -1.09. The molecule has 2 atom stereocenters. The van der Waals surface area contributed by atoms with Crippen LogP contribution in [0.25, 0.3) is 0 Å². The summed E-state index contributed by atoms with van der Waals surface area (Å²) in [6.45, 7) is 4.45. The summed E-state index contributed by atoms with van der Waals surface area (Å²) in [4.78, 5) is 2.07. The number of rotatable bonds is 6. The van der Waals surface area contributed by atoms with E-state index in [1.54, 1.807) is 7.11 Å². The molecule has 0 radical (unpaired) electrons. The van der Waals surface area contributed by atoms with Crippen LogP contribution in [0.2, 0.25) is 0 Å². The van der Waals surface area contributed by atoms with E-state index in [-0.39, 0.29) is 6.10 Å². The quantitative estimate of drug-likeness (QED) is 0.593. The zero-order chi connectivity index (χ0) is 11.1. The van der Waals surface area contributed by atoms with Crippen LogP contribution in [0.5, 0.6) is 0 Å². The standard InChI is InChI=1S/C10H22N2O3/c1-12(6-9(13)8-14-2)7-10-5-11-3-4-15-10/h9-11,13H,3-8H2,1-2H3. The first-order valence-electron chi connectivity index (χ1n) is 5.40. The molecule has 2 N–H and O–H groups in total. The summed E-state index contributed by atoms with van der Waals surface area (Å²) in [5.74, 6) is 0. The van der Waals surface area contributed by atoms with Crippen molar-refractivity contribution in [2.45, 2.75) is 12.2 Å². The second-order valence-corrected chi connectivity index (χ2v) is 4.03. The predicted molar refractivity (Wildman–Crippen MR) is 58.0 cm³/mol. The van der Waals surface area contributed by atoms with Crippen LogP contribution in [0, 0.1) is 0 Å². The van der Waals surface area contributed by atoms with Crippen LogP contribution in [0.4, 0.5) is 0 Å². The fourth-order valence-electron chi connectivity index (χ4n) is 1.76. The molecule has 1 heterocycles. The number of aliphatic hydroxyl groups is 1. The van der Waals surface area contributed by atoms with Gasteiger partial charge in [-0.05, 0) is 7.05 Å². The lowest BCUT2D eigenvalue weighted by molar-refractivity contribution is -0.00588. The molecule has 15 heavy (non-hydrogen) atoms. The zero-order valence-electron chi connectivity index (χ0n) is 9.61. The molecule has 0 aliphatic carbocycles. The molecule has 0 aromatic carbocycles. The number of likely N-dealkylation sites (N-methyl/N-ethyl adjacent to an activating group) is 1. The number of hydrogen-bond acceptors (Lipinski definition) is 5. The summed E-state index contributed by atoms with van der Waals surface area (Å²) in [7, 11) is 3.58. The number of ether oxygens (including phenoxy) is 2. The first kappa shape index (κ1) is 12.9. The van der Waals surface area contributed by atoms with Gasteiger partial charge < -0.3 is 24.8 Å². The Morgan fingerprint density at radius 2 is 2.47 bits per heavy atom. The van der Waals surface area contributed by atoms with Crippen molar-refractivity contribution < 1.29 is 14.6 Å². The van der Waals surface area contributed by atoms with Gasteiger partial charge in [-0.25, -0.2) is 0 Å². The highest BCUT2D eigenvalue weighted by atomic mass is 16.5. The molecule has 1 fully saturated rings. The van der Waals surface area contributed by atoms with E-state index in [1.807, 2.05) is 7.05 Å². The van der Waals surface area contributed by atoms with E-state index in [1.165, 1.54) is 0 Å². The van der Waals surface area contributed by atoms with Crippen LogP contribution in [0.3, 0.4) is 0 Å². The molecule has 1 rings (SSSR count). The van der Waals surface area contributed by atoms with Crippen molar-refractivity contribution >= 4 is 0 Å². The molecular weight excluding hydrogens is 196 g/mol. The third-order valence-electron chi connectivity index (χ3n) is 2.40. The third kappa shape index (κ3) is 5.44. The van der Waals surface area contributed by atoms with Crippen LogP contribution < -0.4 is 5.32 Å². The first-order chi connectivity index (χ1) is 7.22. The molecule has 0 aromatic rings. The second kappa shape index (κ2) is 7.14. The van der Waals surface area contributed by atoms with Crippen molar-refractivity contribution in [1.82, 2.24) is 10.2 Å². The van der Waals surface area contributed by atoms with Crippen molar-refractivity contribution in [2.75, 3.05) is 53.6 Å². The van der Waals surface area contributed by atoms with Gasteiger partial charge in [-0.2, -0.15) is 0 Å². The zero-order valence-corrected chi connectivity index (χ0v) is 9.61. The number of methoxy groups -OCH3 is 1. The molecule has 1 aliphatic rings. The fourth-order valence-corrected chi connectivity index (χ4v) is 1.76. The molecule has 1 saturated heterocycles. The Balaban J connectivity index is 2.13. The molecular formula is C10H22N2O3. The SMILES string of the molecule is COCC(O)CN(C)CC1CNCCO1. The first-order valence-corrected chi connectivity index (χ1v) is 5.40. The molecule has 90 valence electrons. The van der Waals surface area contributed by atoms with Gasteiger partial charge in [-0.15, -0.1) is 0 Å². The summed E-state index contributed by atoms with van der Waals surface area (Å²) in [5.41, 5.74) is 0. The monoisotopic (exact) mass is 218 g/mol. The van der Waals surface area contributed by atoms with E-state index in [0.29, 0.717) is 13.2 Å². The van der Waals surface area contributed by atoms with Gasteiger partial charge in [0.1, 0.15) is 0 Å². The molecule has 1 aliphatic heterocycles. The Bertz CT molecular complexity index is 163. The van der Waals surface area contributed by atoms with Gasteiger partial charge in [0.25, 0.3) is 0 Å². The molecule has 0 amide bonds. The van der Waals surface area contributed by atoms with E-state index in [0.717, 1.165) is 26.2 Å². The van der Waals surface area contributed by atoms with Gasteiger partial charge in [0.15, 0.2) is 0 Å². The van der Waals surface area contributed by atoms with Crippen molar-refractivity contribution in [2.24, 2.45) is 0 Å². The minimum atomic E-state index is -0.420. The average molecular weight is 218 g/mol. The van der Waals surface area contributed by atoms with Crippen molar-refractivity contribution in [1.29, 1.82) is 0 Å². The number of nitrogens with one attached hydrogen (secondary N) is 1.